The molecular formula is C28H26F2N4O4S. The monoisotopic (exact) mass is 552 g/mol. The van der Waals surface area contributed by atoms with E-state index < -0.39 is 29.5 Å². The van der Waals surface area contributed by atoms with Crippen LogP contribution in [-0.2, 0) is 32.0 Å². The fourth-order valence-corrected chi connectivity index (χ4v) is 6.00. The maximum atomic E-state index is 13.4. The number of hydrogen-bond acceptors (Lipinski definition) is 6. The zero-order valence-corrected chi connectivity index (χ0v) is 22.1. The number of methoxy groups -OCH3 is 1. The van der Waals surface area contributed by atoms with Gasteiger partial charge in [-0.15, -0.1) is 11.3 Å². The second-order valence-corrected chi connectivity index (χ2v) is 10.5. The molecule has 4 aromatic rings. The Balaban J connectivity index is 1.23. The first-order chi connectivity index (χ1) is 18.7. The molecule has 0 fully saturated rings. The van der Waals surface area contributed by atoms with Crippen molar-refractivity contribution >= 4 is 39.8 Å². The predicted octanol–water partition coefficient (Wildman–Crippen LogP) is 4.62. The third kappa shape index (κ3) is 5.68. The van der Waals surface area contributed by atoms with E-state index in [4.69, 9.17) is 9.72 Å². The molecule has 11 heteroatoms. The summed E-state index contributed by atoms with van der Waals surface area (Å²) in [6, 6.07) is 9.13. The van der Waals surface area contributed by atoms with E-state index in [9.17, 15) is 23.2 Å². The number of ether oxygens (including phenoxy) is 1. The SMILES string of the molecule is COC(=O)C1CCCc2sc3nc(-c4ccc(NC(=O)[C@H](C)NC(=O)Cc5cc(F)cc(F)c5)cc4)cn3c21. The smallest absolute Gasteiger partial charge is 0.314 e. The Hall–Kier alpha value is -4.12. The van der Waals surface area contributed by atoms with Crippen LogP contribution < -0.4 is 10.6 Å². The molecule has 8 nitrogen and oxygen atoms in total. The fraction of sp³-hybridized carbons (Fsp3) is 0.286. The number of carbonyl (C=O) groups is 3. The molecule has 2 aromatic heterocycles. The number of aryl methyl sites for hydroxylation is 1. The van der Waals surface area contributed by atoms with Gasteiger partial charge in [0.05, 0.1) is 30.8 Å². The summed E-state index contributed by atoms with van der Waals surface area (Å²) in [6.07, 6.45) is 4.26. The number of hydrogen-bond donors (Lipinski definition) is 2. The number of anilines is 1. The molecular weight excluding hydrogens is 526 g/mol. The Morgan fingerprint density at radius 1 is 1.15 bits per heavy atom. The molecule has 1 unspecified atom stereocenters. The van der Waals surface area contributed by atoms with E-state index in [-0.39, 0.29) is 23.9 Å². The Morgan fingerprint density at radius 3 is 2.56 bits per heavy atom. The summed E-state index contributed by atoms with van der Waals surface area (Å²) in [7, 11) is 1.41. The number of esters is 1. The highest BCUT2D eigenvalue weighted by Crippen LogP contribution is 2.39. The molecule has 2 amide bonds. The minimum absolute atomic E-state index is 0.175. The molecule has 0 saturated carbocycles. The lowest BCUT2D eigenvalue weighted by molar-refractivity contribution is -0.142. The highest BCUT2D eigenvalue weighted by Gasteiger charge is 2.32. The second-order valence-electron chi connectivity index (χ2n) is 9.47. The van der Waals surface area contributed by atoms with E-state index >= 15 is 0 Å². The predicted molar refractivity (Wildman–Crippen MR) is 142 cm³/mol. The molecule has 5 rings (SSSR count). The molecule has 2 aromatic carbocycles. The first kappa shape index (κ1) is 26.5. The lowest BCUT2D eigenvalue weighted by atomic mass is 9.91. The molecule has 2 N–H and O–H groups in total. The third-order valence-electron chi connectivity index (χ3n) is 6.65. The number of nitrogens with zero attached hydrogens (tertiary/aromatic N) is 2. The summed E-state index contributed by atoms with van der Waals surface area (Å²) in [6.45, 7) is 1.52. The first-order valence-corrected chi connectivity index (χ1v) is 13.3. The molecule has 0 spiro atoms. The van der Waals surface area contributed by atoms with Gasteiger partial charge >= 0.3 is 5.97 Å². The van der Waals surface area contributed by atoms with Gasteiger partial charge in [0.25, 0.3) is 0 Å². The Labute approximate surface area is 227 Å². The first-order valence-electron chi connectivity index (χ1n) is 12.5. The Morgan fingerprint density at radius 2 is 1.87 bits per heavy atom. The summed E-state index contributed by atoms with van der Waals surface area (Å²) >= 11 is 1.58. The maximum absolute atomic E-state index is 13.4. The van der Waals surface area contributed by atoms with Gasteiger partial charge in [0.15, 0.2) is 4.96 Å². The van der Waals surface area contributed by atoms with Crippen molar-refractivity contribution < 1.29 is 27.9 Å². The number of carbonyl (C=O) groups excluding carboxylic acids is 3. The highest BCUT2D eigenvalue weighted by molar-refractivity contribution is 7.17. The lowest BCUT2D eigenvalue weighted by Gasteiger charge is -2.20. The van der Waals surface area contributed by atoms with E-state index in [2.05, 4.69) is 10.6 Å². The van der Waals surface area contributed by atoms with Crippen molar-refractivity contribution in [3.8, 4) is 11.3 Å². The minimum atomic E-state index is -0.871. The maximum Gasteiger partial charge on any atom is 0.314 e. The van der Waals surface area contributed by atoms with Gasteiger partial charge < -0.3 is 15.4 Å². The zero-order chi connectivity index (χ0) is 27.7. The number of rotatable bonds is 7. The molecule has 1 aliphatic carbocycles. The van der Waals surface area contributed by atoms with Crippen LogP contribution in [0.25, 0.3) is 16.2 Å². The summed E-state index contributed by atoms with van der Waals surface area (Å²) in [5, 5.41) is 5.28. The molecule has 0 bridgehead atoms. The van der Waals surface area contributed by atoms with Gasteiger partial charge in [-0.3, -0.25) is 18.8 Å². The largest absolute Gasteiger partial charge is 0.469 e. The van der Waals surface area contributed by atoms with Crippen molar-refractivity contribution in [2.75, 3.05) is 12.4 Å². The van der Waals surface area contributed by atoms with Gasteiger partial charge in [-0.1, -0.05) is 12.1 Å². The lowest BCUT2D eigenvalue weighted by Crippen LogP contribution is -2.42. The molecule has 1 aliphatic rings. The number of fused-ring (bicyclic) bond motifs is 3. The van der Waals surface area contributed by atoms with Crippen molar-refractivity contribution in [1.29, 1.82) is 0 Å². The molecule has 2 heterocycles. The van der Waals surface area contributed by atoms with E-state index in [1.165, 1.54) is 14.0 Å². The minimum Gasteiger partial charge on any atom is -0.469 e. The molecule has 0 radical (unpaired) electrons. The molecule has 39 heavy (non-hydrogen) atoms. The number of imidazole rings is 1. The van der Waals surface area contributed by atoms with Crippen molar-refractivity contribution in [3.05, 3.63) is 76.4 Å². The van der Waals surface area contributed by atoms with E-state index in [1.807, 2.05) is 22.7 Å². The van der Waals surface area contributed by atoms with Gasteiger partial charge in [0, 0.05) is 28.4 Å². The van der Waals surface area contributed by atoms with Gasteiger partial charge in [-0.2, -0.15) is 0 Å². The fourth-order valence-electron chi connectivity index (χ4n) is 4.79. The van der Waals surface area contributed by atoms with Crippen LogP contribution in [0.4, 0.5) is 14.5 Å². The quantitative estimate of drug-likeness (QED) is 0.326. The molecule has 202 valence electrons. The number of halogens is 2. The average molecular weight is 553 g/mol. The van der Waals surface area contributed by atoms with Crippen LogP contribution in [0.2, 0.25) is 0 Å². The van der Waals surface area contributed by atoms with Crippen molar-refractivity contribution in [2.24, 2.45) is 0 Å². The van der Waals surface area contributed by atoms with Crippen molar-refractivity contribution in [1.82, 2.24) is 14.7 Å². The van der Waals surface area contributed by atoms with Crippen LogP contribution in [0.1, 0.15) is 41.8 Å². The number of benzene rings is 2. The van der Waals surface area contributed by atoms with E-state index in [0.29, 0.717) is 5.69 Å². The normalized spacial score (nSPS) is 15.4. The van der Waals surface area contributed by atoms with Crippen LogP contribution in [0, 0.1) is 11.6 Å². The summed E-state index contributed by atoms with van der Waals surface area (Å²) in [5.41, 5.74) is 3.24. The molecule has 2 atom stereocenters. The third-order valence-corrected chi connectivity index (χ3v) is 7.78. The standard InChI is InChI=1S/C28H26F2N4O4S/c1-15(31-24(35)12-16-10-18(29)13-19(30)11-16)26(36)32-20-8-6-17(7-9-20)22-14-34-25-21(27(37)38-2)4-3-5-23(25)39-28(34)33-22/h6-11,13-15,21H,3-5,12H2,1-2H3,(H,31,35)(H,32,36)/t15-,21?/m0/s1. The van der Waals surface area contributed by atoms with Crippen LogP contribution in [0.5, 0.6) is 0 Å². The van der Waals surface area contributed by atoms with Crippen LogP contribution in [-0.4, -0.2) is 40.3 Å². The van der Waals surface area contributed by atoms with Crippen LogP contribution in [0.15, 0.2) is 48.7 Å². The second kappa shape index (κ2) is 10.9. The van der Waals surface area contributed by atoms with Gasteiger partial charge in [-0.05, 0) is 56.0 Å². The van der Waals surface area contributed by atoms with Crippen molar-refractivity contribution in [2.45, 2.75) is 44.6 Å². The number of amides is 2. The van der Waals surface area contributed by atoms with E-state index in [1.54, 1.807) is 23.5 Å². The number of nitrogens with one attached hydrogen (secondary N) is 2. The van der Waals surface area contributed by atoms with Crippen LogP contribution >= 0.6 is 11.3 Å². The van der Waals surface area contributed by atoms with Gasteiger partial charge in [0.2, 0.25) is 11.8 Å². The Bertz CT molecular complexity index is 1540. The number of thiazole rings is 1. The summed E-state index contributed by atoms with van der Waals surface area (Å²) in [4.78, 5) is 43.9. The molecule has 0 saturated heterocycles. The number of aromatic nitrogens is 2. The van der Waals surface area contributed by atoms with Crippen LogP contribution in [0.3, 0.4) is 0 Å². The Kier molecular flexibility index (Phi) is 7.42. The van der Waals surface area contributed by atoms with E-state index in [0.717, 1.165) is 64.3 Å². The topological polar surface area (TPSA) is 102 Å². The van der Waals surface area contributed by atoms with Crippen molar-refractivity contribution in [3.63, 3.8) is 0 Å². The van der Waals surface area contributed by atoms with Gasteiger partial charge in [-0.25, -0.2) is 13.8 Å². The summed E-state index contributed by atoms with van der Waals surface area (Å²) < 4.78 is 33.7. The highest BCUT2D eigenvalue weighted by atomic mass is 32.1. The zero-order valence-electron chi connectivity index (χ0n) is 21.3. The van der Waals surface area contributed by atoms with Gasteiger partial charge in [0.1, 0.15) is 17.7 Å². The molecule has 0 aliphatic heterocycles. The average Bonchev–Trinajstić information content (AvgIpc) is 3.46. The summed E-state index contributed by atoms with van der Waals surface area (Å²) in [5.74, 6) is -3.05.